The molecule has 1 aromatic carbocycles. The van der Waals surface area contributed by atoms with Crippen LogP contribution in [0.5, 0.6) is 5.75 Å². The van der Waals surface area contributed by atoms with Crippen molar-refractivity contribution in [3.63, 3.8) is 0 Å². The summed E-state index contributed by atoms with van der Waals surface area (Å²) in [5.74, 6) is 0.761. The molecule has 0 saturated heterocycles. The number of carbonyl (C=O) groups excluding carboxylic acids is 1. The van der Waals surface area contributed by atoms with E-state index in [1.165, 1.54) is 0 Å². The maximum absolute atomic E-state index is 12.3. The lowest BCUT2D eigenvalue weighted by molar-refractivity contribution is 0.102. The molecule has 0 spiro atoms. The number of hydrogen-bond acceptors (Lipinski definition) is 5. The number of rotatable bonds is 7. The van der Waals surface area contributed by atoms with Crippen molar-refractivity contribution < 1.29 is 9.53 Å². The van der Waals surface area contributed by atoms with Gasteiger partial charge in [-0.15, -0.1) is 0 Å². The number of benzene rings is 1. The number of aromatic nitrogens is 4. The van der Waals surface area contributed by atoms with E-state index in [9.17, 15) is 4.79 Å². The fraction of sp³-hybridized carbons (Fsp3) is 0.467. The number of tetrazole rings is 1. The Morgan fingerprint density at radius 3 is 2.95 bits per heavy atom. The van der Waals surface area contributed by atoms with Gasteiger partial charge < -0.3 is 4.74 Å². The van der Waals surface area contributed by atoms with Crippen LogP contribution in [0.2, 0.25) is 0 Å². The molecular formula is C15H21N5O2. The molecule has 0 aliphatic heterocycles. The molecule has 0 bridgehead atoms. The van der Waals surface area contributed by atoms with Gasteiger partial charge in [0.15, 0.2) is 0 Å². The third-order valence-corrected chi connectivity index (χ3v) is 3.20. The molecule has 1 amide bonds. The topological polar surface area (TPSA) is 81.9 Å². The summed E-state index contributed by atoms with van der Waals surface area (Å²) in [6, 6.07) is 7.08. The number of hydrogen-bond donors (Lipinski definition) is 1. The van der Waals surface area contributed by atoms with Crippen LogP contribution in [-0.4, -0.2) is 32.2 Å². The molecular weight excluding hydrogens is 282 g/mol. The van der Waals surface area contributed by atoms with Gasteiger partial charge >= 0.3 is 0 Å². The summed E-state index contributed by atoms with van der Waals surface area (Å²) in [4.78, 5) is 12.3. The Morgan fingerprint density at radius 2 is 2.23 bits per heavy atom. The zero-order valence-corrected chi connectivity index (χ0v) is 13.1. The van der Waals surface area contributed by atoms with Crippen LogP contribution in [0.25, 0.3) is 0 Å². The summed E-state index contributed by atoms with van der Waals surface area (Å²) in [6.07, 6.45) is 1.89. The van der Waals surface area contributed by atoms with Crippen LogP contribution >= 0.6 is 0 Å². The fourth-order valence-electron chi connectivity index (χ4n) is 1.86. The summed E-state index contributed by atoms with van der Waals surface area (Å²) in [6.45, 7) is 6.71. The van der Waals surface area contributed by atoms with Gasteiger partial charge in [-0.05, 0) is 48.4 Å². The Kier molecular flexibility index (Phi) is 5.46. The first-order valence-electron chi connectivity index (χ1n) is 7.48. The lowest BCUT2D eigenvalue weighted by atomic mass is 10.2. The molecule has 0 radical (unpaired) electrons. The number of amides is 1. The number of anilines is 1. The minimum atomic E-state index is -0.262. The summed E-state index contributed by atoms with van der Waals surface area (Å²) >= 11 is 0. The van der Waals surface area contributed by atoms with Crippen LogP contribution in [0.15, 0.2) is 24.3 Å². The monoisotopic (exact) mass is 303 g/mol. The van der Waals surface area contributed by atoms with Crippen LogP contribution in [0, 0.1) is 0 Å². The first-order chi connectivity index (χ1) is 10.6. The minimum Gasteiger partial charge on any atom is -0.491 e. The van der Waals surface area contributed by atoms with Gasteiger partial charge in [0.05, 0.1) is 6.10 Å². The third-order valence-electron chi connectivity index (χ3n) is 3.20. The van der Waals surface area contributed by atoms with Crippen molar-refractivity contribution in [1.29, 1.82) is 0 Å². The molecule has 1 aromatic heterocycles. The predicted octanol–water partition coefficient (Wildman–Crippen LogP) is 2.51. The van der Waals surface area contributed by atoms with Crippen molar-refractivity contribution in [2.75, 3.05) is 5.32 Å². The molecule has 7 heteroatoms. The first-order valence-corrected chi connectivity index (χ1v) is 7.48. The summed E-state index contributed by atoms with van der Waals surface area (Å²) in [5, 5.41) is 14.0. The quantitative estimate of drug-likeness (QED) is 0.850. The van der Waals surface area contributed by atoms with E-state index in [1.807, 2.05) is 19.9 Å². The molecule has 0 saturated carbocycles. The molecule has 0 aliphatic rings. The largest absolute Gasteiger partial charge is 0.491 e. The van der Waals surface area contributed by atoms with E-state index < -0.39 is 0 Å². The maximum Gasteiger partial charge on any atom is 0.258 e. The van der Waals surface area contributed by atoms with Gasteiger partial charge in [0, 0.05) is 12.1 Å². The highest BCUT2D eigenvalue weighted by Crippen LogP contribution is 2.16. The number of nitrogens with one attached hydrogen (secondary N) is 1. The molecule has 118 valence electrons. The van der Waals surface area contributed by atoms with Crippen LogP contribution < -0.4 is 10.1 Å². The second-order valence-corrected chi connectivity index (χ2v) is 5.04. The third kappa shape index (κ3) is 4.03. The summed E-state index contributed by atoms with van der Waals surface area (Å²) in [5.41, 5.74) is 0.506. The Hall–Kier alpha value is -2.44. The van der Waals surface area contributed by atoms with E-state index in [1.54, 1.807) is 22.9 Å². The molecule has 0 aliphatic carbocycles. The maximum atomic E-state index is 12.3. The SMILES string of the molecule is CCCn1nnnc1NC(=O)c1cccc(OC(C)CC)c1. The summed E-state index contributed by atoms with van der Waals surface area (Å²) in [7, 11) is 0. The van der Waals surface area contributed by atoms with Crippen LogP contribution in [-0.2, 0) is 6.54 Å². The van der Waals surface area contributed by atoms with Gasteiger partial charge in [0.2, 0.25) is 5.95 Å². The smallest absolute Gasteiger partial charge is 0.258 e. The van der Waals surface area contributed by atoms with E-state index in [-0.39, 0.29) is 12.0 Å². The van der Waals surface area contributed by atoms with Crippen molar-refractivity contribution in [3.8, 4) is 5.75 Å². The fourth-order valence-corrected chi connectivity index (χ4v) is 1.86. The molecule has 1 atom stereocenters. The number of ether oxygens (including phenoxy) is 1. The highest BCUT2D eigenvalue weighted by molar-refractivity contribution is 6.03. The molecule has 22 heavy (non-hydrogen) atoms. The van der Waals surface area contributed by atoms with Crippen molar-refractivity contribution in [2.24, 2.45) is 0 Å². The molecule has 1 heterocycles. The van der Waals surface area contributed by atoms with Crippen LogP contribution in [0.1, 0.15) is 44.0 Å². The van der Waals surface area contributed by atoms with Crippen molar-refractivity contribution in [2.45, 2.75) is 46.3 Å². The lowest BCUT2D eigenvalue weighted by Gasteiger charge is -2.13. The average molecular weight is 303 g/mol. The predicted molar refractivity (Wildman–Crippen MR) is 82.9 cm³/mol. The highest BCUT2D eigenvalue weighted by Gasteiger charge is 2.12. The van der Waals surface area contributed by atoms with Gasteiger partial charge in [0.25, 0.3) is 5.91 Å². The number of aryl methyl sites for hydroxylation is 1. The summed E-state index contributed by atoms with van der Waals surface area (Å²) < 4.78 is 7.29. The van der Waals surface area contributed by atoms with Crippen molar-refractivity contribution in [3.05, 3.63) is 29.8 Å². The van der Waals surface area contributed by atoms with Crippen LogP contribution in [0.4, 0.5) is 5.95 Å². The van der Waals surface area contributed by atoms with E-state index in [2.05, 4.69) is 27.8 Å². The minimum absolute atomic E-state index is 0.107. The standard InChI is InChI=1S/C15H21N5O2/c1-4-9-20-15(17-18-19-20)16-14(21)12-7-6-8-13(10-12)22-11(3)5-2/h6-8,10-11H,4-5,9H2,1-3H3,(H,16,17,19,21). The van der Waals surface area contributed by atoms with E-state index in [0.29, 0.717) is 23.8 Å². The first kappa shape index (κ1) is 15.9. The van der Waals surface area contributed by atoms with Gasteiger partial charge in [-0.2, -0.15) is 0 Å². The second-order valence-electron chi connectivity index (χ2n) is 5.04. The normalized spacial score (nSPS) is 12.0. The molecule has 1 unspecified atom stereocenters. The van der Waals surface area contributed by atoms with Gasteiger partial charge in [-0.3, -0.25) is 10.1 Å². The Morgan fingerprint density at radius 1 is 1.41 bits per heavy atom. The van der Waals surface area contributed by atoms with Gasteiger partial charge in [-0.25, -0.2) is 4.68 Å². The van der Waals surface area contributed by atoms with Gasteiger partial charge in [0.1, 0.15) is 5.75 Å². The molecule has 2 rings (SSSR count). The van der Waals surface area contributed by atoms with E-state index in [4.69, 9.17) is 4.74 Å². The second kappa shape index (κ2) is 7.53. The average Bonchev–Trinajstić information content (AvgIpc) is 2.95. The van der Waals surface area contributed by atoms with Crippen molar-refractivity contribution in [1.82, 2.24) is 20.2 Å². The van der Waals surface area contributed by atoms with Gasteiger partial charge in [-0.1, -0.05) is 25.0 Å². The molecule has 0 fully saturated rings. The van der Waals surface area contributed by atoms with Crippen molar-refractivity contribution >= 4 is 11.9 Å². The van der Waals surface area contributed by atoms with Crippen LogP contribution in [0.3, 0.4) is 0 Å². The zero-order chi connectivity index (χ0) is 15.9. The molecule has 1 N–H and O–H groups in total. The molecule has 7 nitrogen and oxygen atoms in total. The highest BCUT2D eigenvalue weighted by atomic mass is 16.5. The van der Waals surface area contributed by atoms with E-state index >= 15 is 0 Å². The Labute approximate surface area is 129 Å². The number of nitrogens with zero attached hydrogens (tertiary/aromatic N) is 4. The Balaban J connectivity index is 2.09. The molecule has 2 aromatic rings. The zero-order valence-electron chi connectivity index (χ0n) is 13.1. The van der Waals surface area contributed by atoms with E-state index in [0.717, 1.165) is 12.8 Å². The number of carbonyl (C=O) groups is 1. The Bertz CT molecular complexity index is 626. The lowest BCUT2D eigenvalue weighted by Crippen LogP contribution is -2.17.